The van der Waals surface area contributed by atoms with E-state index in [1.807, 2.05) is 35.3 Å². The second-order valence-electron chi connectivity index (χ2n) is 5.20. The number of furan rings is 1. The van der Waals surface area contributed by atoms with Crippen LogP contribution in [0.15, 0.2) is 47.3 Å². The van der Waals surface area contributed by atoms with E-state index in [1.54, 1.807) is 0 Å². The van der Waals surface area contributed by atoms with Crippen LogP contribution in [0, 0.1) is 0 Å². The maximum Gasteiger partial charge on any atom is 0.134 e. The number of fused-ring (bicyclic) bond motifs is 1. The SMILES string of the molecule is CCCNC(c1cnn(CC)c1)c1coc2ccccc12. The van der Waals surface area contributed by atoms with Crippen LogP contribution in [0.2, 0.25) is 0 Å². The molecule has 4 heteroatoms. The average Bonchev–Trinajstić information content (AvgIpc) is 3.15. The smallest absolute Gasteiger partial charge is 0.134 e. The molecule has 0 aliphatic rings. The van der Waals surface area contributed by atoms with Gasteiger partial charge in [0.05, 0.1) is 18.5 Å². The van der Waals surface area contributed by atoms with Crippen molar-refractivity contribution in [3.05, 3.63) is 54.0 Å². The molecule has 2 heterocycles. The molecular weight excluding hydrogens is 262 g/mol. The molecule has 1 aromatic carbocycles. The van der Waals surface area contributed by atoms with Crippen LogP contribution in [-0.2, 0) is 6.54 Å². The van der Waals surface area contributed by atoms with E-state index in [4.69, 9.17) is 4.42 Å². The summed E-state index contributed by atoms with van der Waals surface area (Å²) in [6.45, 7) is 6.11. The van der Waals surface area contributed by atoms with Gasteiger partial charge in [0, 0.05) is 29.3 Å². The molecule has 4 nitrogen and oxygen atoms in total. The lowest BCUT2D eigenvalue weighted by molar-refractivity contribution is 0.571. The third-order valence-electron chi connectivity index (χ3n) is 3.73. The predicted molar refractivity (Wildman–Crippen MR) is 84.3 cm³/mol. The van der Waals surface area contributed by atoms with Crippen LogP contribution in [0.3, 0.4) is 0 Å². The predicted octanol–water partition coefficient (Wildman–Crippen LogP) is 3.74. The van der Waals surface area contributed by atoms with Crippen LogP contribution in [0.1, 0.15) is 37.4 Å². The summed E-state index contributed by atoms with van der Waals surface area (Å²) in [5.41, 5.74) is 3.28. The Bertz CT molecular complexity index is 713. The molecule has 3 aromatic rings. The van der Waals surface area contributed by atoms with Gasteiger partial charge in [-0.05, 0) is 26.0 Å². The number of nitrogens with zero attached hydrogens (tertiary/aromatic N) is 2. The zero-order valence-corrected chi connectivity index (χ0v) is 12.5. The molecule has 0 spiro atoms. The first-order chi connectivity index (χ1) is 10.3. The minimum atomic E-state index is 0.119. The van der Waals surface area contributed by atoms with Crippen molar-refractivity contribution in [2.45, 2.75) is 32.9 Å². The second-order valence-corrected chi connectivity index (χ2v) is 5.20. The van der Waals surface area contributed by atoms with Crippen molar-refractivity contribution in [3.8, 4) is 0 Å². The molecule has 1 N–H and O–H groups in total. The zero-order valence-electron chi connectivity index (χ0n) is 12.5. The van der Waals surface area contributed by atoms with Gasteiger partial charge in [0.25, 0.3) is 0 Å². The largest absolute Gasteiger partial charge is 0.464 e. The summed E-state index contributed by atoms with van der Waals surface area (Å²) >= 11 is 0. The van der Waals surface area contributed by atoms with Crippen LogP contribution in [0.4, 0.5) is 0 Å². The molecular formula is C17H21N3O. The lowest BCUT2D eigenvalue weighted by Crippen LogP contribution is -2.22. The third-order valence-corrected chi connectivity index (χ3v) is 3.73. The molecule has 110 valence electrons. The summed E-state index contributed by atoms with van der Waals surface area (Å²) < 4.78 is 7.65. The number of hydrogen-bond donors (Lipinski definition) is 1. The molecule has 0 fully saturated rings. The van der Waals surface area contributed by atoms with Crippen LogP contribution in [0.25, 0.3) is 11.0 Å². The van der Waals surface area contributed by atoms with E-state index < -0.39 is 0 Å². The fraction of sp³-hybridized carbons (Fsp3) is 0.353. The number of aromatic nitrogens is 2. The summed E-state index contributed by atoms with van der Waals surface area (Å²) in [7, 11) is 0. The highest BCUT2D eigenvalue weighted by Gasteiger charge is 2.19. The molecule has 0 radical (unpaired) electrons. The molecule has 21 heavy (non-hydrogen) atoms. The Balaban J connectivity index is 2.02. The van der Waals surface area contributed by atoms with E-state index in [1.165, 1.54) is 11.1 Å². The average molecular weight is 283 g/mol. The number of para-hydroxylation sites is 1. The highest BCUT2D eigenvalue weighted by Crippen LogP contribution is 2.30. The van der Waals surface area contributed by atoms with Gasteiger partial charge in [0.15, 0.2) is 0 Å². The first-order valence-electron chi connectivity index (χ1n) is 7.55. The van der Waals surface area contributed by atoms with E-state index >= 15 is 0 Å². The molecule has 1 unspecified atom stereocenters. The standard InChI is InChI=1S/C17H21N3O/c1-3-9-18-17(13-10-19-20(4-2)11-13)15-12-21-16-8-6-5-7-14(15)16/h5-8,10-12,17-18H,3-4,9H2,1-2H3. The van der Waals surface area contributed by atoms with Gasteiger partial charge in [0.1, 0.15) is 5.58 Å². The first kappa shape index (κ1) is 13.9. The van der Waals surface area contributed by atoms with Crippen molar-refractivity contribution in [3.63, 3.8) is 0 Å². The number of rotatable bonds is 6. The number of benzene rings is 1. The Labute approximate surface area is 124 Å². The summed E-state index contributed by atoms with van der Waals surface area (Å²) in [6, 6.07) is 8.28. The van der Waals surface area contributed by atoms with Gasteiger partial charge in [-0.25, -0.2) is 0 Å². The Morgan fingerprint density at radius 1 is 1.29 bits per heavy atom. The lowest BCUT2D eigenvalue weighted by Gasteiger charge is -2.16. The summed E-state index contributed by atoms with van der Waals surface area (Å²) in [5.74, 6) is 0. The van der Waals surface area contributed by atoms with Gasteiger partial charge in [-0.2, -0.15) is 5.10 Å². The zero-order chi connectivity index (χ0) is 14.7. The molecule has 0 saturated heterocycles. The summed E-state index contributed by atoms with van der Waals surface area (Å²) in [6.07, 6.45) is 7.00. The highest BCUT2D eigenvalue weighted by atomic mass is 16.3. The van der Waals surface area contributed by atoms with Gasteiger partial charge in [0.2, 0.25) is 0 Å². The van der Waals surface area contributed by atoms with E-state index in [0.29, 0.717) is 0 Å². The normalized spacial score (nSPS) is 12.9. The van der Waals surface area contributed by atoms with E-state index in [2.05, 4.69) is 36.5 Å². The van der Waals surface area contributed by atoms with Crippen molar-refractivity contribution in [1.29, 1.82) is 0 Å². The molecule has 0 bridgehead atoms. The van der Waals surface area contributed by atoms with Crippen LogP contribution >= 0.6 is 0 Å². The summed E-state index contributed by atoms with van der Waals surface area (Å²) in [4.78, 5) is 0. The van der Waals surface area contributed by atoms with Gasteiger partial charge in [-0.15, -0.1) is 0 Å². The third kappa shape index (κ3) is 2.72. The van der Waals surface area contributed by atoms with E-state index in [0.717, 1.165) is 30.5 Å². The van der Waals surface area contributed by atoms with E-state index in [9.17, 15) is 0 Å². The quantitative estimate of drug-likeness (QED) is 0.749. The van der Waals surface area contributed by atoms with Gasteiger partial charge in [-0.1, -0.05) is 25.1 Å². The monoisotopic (exact) mass is 283 g/mol. The van der Waals surface area contributed by atoms with Crippen molar-refractivity contribution >= 4 is 11.0 Å². The Hall–Kier alpha value is -2.07. The first-order valence-corrected chi connectivity index (χ1v) is 7.55. The molecule has 2 aromatic heterocycles. The minimum absolute atomic E-state index is 0.119. The Morgan fingerprint density at radius 2 is 2.14 bits per heavy atom. The molecule has 1 atom stereocenters. The number of aryl methyl sites for hydroxylation is 1. The molecule has 0 saturated carbocycles. The second kappa shape index (κ2) is 6.14. The van der Waals surface area contributed by atoms with Crippen molar-refractivity contribution in [2.24, 2.45) is 0 Å². The van der Waals surface area contributed by atoms with Crippen LogP contribution < -0.4 is 5.32 Å². The van der Waals surface area contributed by atoms with Crippen molar-refractivity contribution < 1.29 is 4.42 Å². The van der Waals surface area contributed by atoms with Crippen LogP contribution in [0.5, 0.6) is 0 Å². The molecule has 0 amide bonds. The number of nitrogens with one attached hydrogen (secondary N) is 1. The maximum atomic E-state index is 5.70. The molecule has 3 rings (SSSR count). The van der Waals surface area contributed by atoms with Gasteiger partial charge < -0.3 is 9.73 Å². The highest BCUT2D eigenvalue weighted by molar-refractivity contribution is 5.81. The minimum Gasteiger partial charge on any atom is -0.464 e. The van der Waals surface area contributed by atoms with Gasteiger partial charge >= 0.3 is 0 Å². The van der Waals surface area contributed by atoms with E-state index in [-0.39, 0.29) is 6.04 Å². The Kier molecular flexibility index (Phi) is 4.06. The molecule has 0 aliphatic heterocycles. The van der Waals surface area contributed by atoms with Crippen molar-refractivity contribution in [2.75, 3.05) is 6.54 Å². The lowest BCUT2D eigenvalue weighted by atomic mass is 10.0. The maximum absolute atomic E-state index is 5.70. The fourth-order valence-electron chi connectivity index (χ4n) is 2.62. The molecule has 0 aliphatic carbocycles. The Morgan fingerprint density at radius 3 is 2.90 bits per heavy atom. The fourth-order valence-corrected chi connectivity index (χ4v) is 2.62. The van der Waals surface area contributed by atoms with Crippen molar-refractivity contribution in [1.82, 2.24) is 15.1 Å². The summed E-state index contributed by atoms with van der Waals surface area (Å²) in [5, 5.41) is 9.17. The number of hydrogen-bond acceptors (Lipinski definition) is 3. The van der Waals surface area contributed by atoms with Gasteiger partial charge in [-0.3, -0.25) is 4.68 Å². The van der Waals surface area contributed by atoms with Crippen LogP contribution in [-0.4, -0.2) is 16.3 Å². The topological polar surface area (TPSA) is 43.0 Å².